The number of H-pyrrole nitrogens is 1. The van der Waals surface area contributed by atoms with E-state index >= 15 is 0 Å². The number of aromatic amines is 1. The number of furan rings is 1. The highest BCUT2D eigenvalue weighted by Crippen LogP contribution is 2.19. The van der Waals surface area contributed by atoms with Gasteiger partial charge in [-0.1, -0.05) is 18.2 Å². The van der Waals surface area contributed by atoms with E-state index in [0.717, 1.165) is 16.5 Å². The fourth-order valence-electron chi connectivity index (χ4n) is 2.86. The molecule has 8 heteroatoms. The Labute approximate surface area is 167 Å². The van der Waals surface area contributed by atoms with Crippen LogP contribution in [0.3, 0.4) is 0 Å². The normalized spacial score (nSPS) is 10.7. The first-order valence-corrected chi connectivity index (χ1v) is 9.26. The van der Waals surface area contributed by atoms with Gasteiger partial charge in [0, 0.05) is 30.6 Å². The number of amides is 2. The molecule has 0 saturated carbocycles. The van der Waals surface area contributed by atoms with Crippen LogP contribution in [-0.2, 0) is 32.1 Å². The second kappa shape index (κ2) is 9.59. The Balaban J connectivity index is 1.36. The molecule has 0 unspecified atom stereocenters. The van der Waals surface area contributed by atoms with Gasteiger partial charge in [0.1, 0.15) is 5.76 Å². The summed E-state index contributed by atoms with van der Waals surface area (Å²) in [5.41, 5.74) is 2.03. The summed E-state index contributed by atoms with van der Waals surface area (Å²) in [5, 5.41) is 3.72. The van der Waals surface area contributed by atoms with Crippen molar-refractivity contribution in [3.8, 4) is 0 Å². The van der Waals surface area contributed by atoms with Crippen LogP contribution < -0.4 is 5.32 Å². The third-order valence-corrected chi connectivity index (χ3v) is 4.48. The van der Waals surface area contributed by atoms with Gasteiger partial charge in [-0.25, -0.2) is 0 Å². The van der Waals surface area contributed by atoms with Gasteiger partial charge in [-0.05, 0) is 30.2 Å². The molecule has 3 aromatic rings. The van der Waals surface area contributed by atoms with Crippen molar-refractivity contribution < 1.29 is 23.5 Å². The molecule has 29 heavy (non-hydrogen) atoms. The quantitative estimate of drug-likeness (QED) is 0.538. The van der Waals surface area contributed by atoms with Gasteiger partial charge in [0.15, 0.2) is 6.61 Å². The van der Waals surface area contributed by atoms with Crippen molar-refractivity contribution in [2.75, 3.05) is 20.2 Å². The molecule has 8 nitrogen and oxygen atoms in total. The number of aryl methyl sites for hydroxylation is 1. The summed E-state index contributed by atoms with van der Waals surface area (Å²) in [6.45, 7) is -0.280. The Morgan fingerprint density at radius 3 is 2.79 bits per heavy atom. The molecule has 152 valence electrons. The first-order chi connectivity index (χ1) is 14.0. The molecule has 0 saturated heterocycles. The number of rotatable bonds is 9. The van der Waals surface area contributed by atoms with Crippen molar-refractivity contribution >= 4 is 28.7 Å². The number of para-hydroxylation sites is 1. The van der Waals surface area contributed by atoms with Crippen molar-refractivity contribution in [3.63, 3.8) is 0 Å². The highest BCUT2D eigenvalue weighted by molar-refractivity contribution is 5.86. The molecule has 3 rings (SSSR count). The molecular weight excluding hydrogens is 374 g/mol. The van der Waals surface area contributed by atoms with Gasteiger partial charge in [0.05, 0.1) is 19.4 Å². The average molecular weight is 397 g/mol. The first-order valence-electron chi connectivity index (χ1n) is 9.26. The molecule has 0 fully saturated rings. The van der Waals surface area contributed by atoms with E-state index in [-0.39, 0.29) is 25.4 Å². The molecule has 0 spiro atoms. The molecule has 0 radical (unpaired) electrons. The van der Waals surface area contributed by atoms with Crippen LogP contribution in [0.1, 0.15) is 17.7 Å². The van der Waals surface area contributed by atoms with Crippen LogP contribution in [0.25, 0.3) is 10.9 Å². The predicted molar refractivity (Wildman–Crippen MR) is 106 cm³/mol. The van der Waals surface area contributed by atoms with Crippen LogP contribution in [0.2, 0.25) is 0 Å². The molecule has 2 N–H and O–H groups in total. The van der Waals surface area contributed by atoms with Crippen molar-refractivity contribution in [1.82, 2.24) is 15.2 Å². The second-order valence-corrected chi connectivity index (χ2v) is 6.63. The number of aromatic nitrogens is 1. The summed E-state index contributed by atoms with van der Waals surface area (Å²) in [7, 11) is 1.48. The van der Waals surface area contributed by atoms with E-state index in [2.05, 4.69) is 10.3 Å². The van der Waals surface area contributed by atoms with Gasteiger partial charge < -0.3 is 24.4 Å². The van der Waals surface area contributed by atoms with Gasteiger partial charge in [-0.2, -0.15) is 0 Å². The van der Waals surface area contributed by atoms with Crippen molar-refractivity contribution in [2.24, 2.45) is 0 Å². The summed E-state index contributed by atoms with van der Waals surface area (Å²) in [4.78, 5) is 40.3. The number of carbonyl (C=O) groups is 3. The minimum Gasteiger partial charge on any atom is -0.467 e. The van der Waals surface area contributed by atoms with Crippen LogP contribution >= 0.6 is 0 Å². The van der Waals surface area contributed by atoms with Crippen molar-refractivity contribution in [3.05, 3.63) is 60.2 Å². The minimum absolute atomic E-state index is 0.133. The number of nitrogens with zero attached hydrogens (tertiary/aromatic N) is 1. The van der Waals surface area contributed by atoms with Gasteiger partial charge in [0.25, 0.3) is 5.91 Å². The number of hydrogen-bond acceptors (Lipinski definition) is 5. The van der Waals surface area contributed by atoms with Gasteiger partial charge >= 0.3 is 5.97 Å². The van der Waals surface area contributed by atoms with Gasteiger partial charge in [0.2, 0.25) is 5.91 Å². The largest absolute Gasteiger partial charge is 0.467 e. The monoisotopic (exact) mass is 397 g/mol. The zero-order valence-corrected chi connectivity index (χ0v) is 16.1. The Bertz CT molecular complexity index is 977. The average Bonchev–Trinajstić information content (AvgIpc) is 3.38. The summed E-state index contributed by atoms with van der Waals surface area (Å²) in [5.74, 6) is -0.614. The number of likely N-dealkylation sites (N-methyl/N-ethyl adjacent to an activating group) is 1. The third-order valence-electron chi connectivity index (χ3n) is 4.48. The maximum absolute atomic E-state index is 12.1. The SMILES string of the molecule is CN(CC(=O)NCc1ccco1)C(=O)COC(=O)CCc1c[nH]c2ccccc12. The fraction of sp³-hybridized carbons (Fsp3) is 0.286. The summed E-state index contributed by atoms with van der Waals surface area (Å²) < 4.78 is 10.2. The van der Waals surface area contributed by atoms with Gasteiger partial charge in [-0.3, -0.25) is 14.4 Å². The molecule has 2 aromatic heterocycles. The number of ether oxygens (including phenoxy) is 1. The highest BCUT2D eigenvalue weighted by atomic mass is 16.5. The second-order valence-electron chi connectivity index (χ2n) is 6.63. The standard InChI is InChI=1S/C21H23N3O5/c1-24(13-19(25)23-12-16-5-4-10-28-16)20(26)14-29-21(27)9-8-15-11-22-18-7-3-2-6-17(15)18/h2-7,10-11,22H,8-9,12-14H2,1H3,(H,23,25). The van der Waals surface area contributed by atoms with E-state index in [9.17, 15) is 14.4 Å². The van der Waals surface area contributed by atoms with E-state index in [1.807, 2.05) is 30.5 Å². The molecule has 2 amide bonds. The van der Waals surface area contributed by atoms with Crippen molar-refractivity contribution in [1.29, 1.82) is 0 Å². The predicted octanol–water partition coefficient (Wildman–Crippen LogP) is 2.01. The minimum atomic E-state index is -0.459. The maximum atomic E-state index is 12.1. The lowest BCUT2D eigenvalue weighted by molar-refractivity contribution is -0.151. The van der Waals surface area contributed by atoms with Crippen LogP contribution in [-0.4, -0.2) is 47.9 Å². The van der Waals surface area contributed by atoms with E-state index in [0.29, 0.717) is 12.2 Å². The maximum Gasteiger partial charge on any atom is 0.306 e. The van der Waals surface area contributed by atoms with Crippen LogP contribution in [0.4, 0.5) is 0 Å². The summed E-state index contributed by atoms with van der Waals surface area (Å²) >= 11 is 0. The van der Waals surface area contributed by atoms with Crippen molar-refractivity contribution in [2.45, 2.75) is 19.4 Å². The first kappa shape index (κ1) is 20.2. The molecule has 0 aliphatic rings. The number of esters is 1. The third kappa shape index (κ3) is 5.71. The lowest BCUT2D eigenvalue weighted by atomic mass is 10.1. The van der Waals surface area contributed by atoms with E-state index in [1.165, 1.54) is 18.2 Å². The van der Waals surface area contributed by atoms with Crippen LogP contribution in [0.5, 0.6) is 0 Å². The zero-order chi connectivity index (χ0) is 20.6. The number of benzene rings is 1. The summed E-state index contributed by atoms with van der Waals surface area (Å²) in [6, 6.07) is 11.3. The molecule has 1 aromatic carbocycles. The lowest BCUT2D eigenvalue weighted by Crippen LogP contribution is -2.39. The highest BCUT2D eigenvalue weighted by Gasteiger charge is 2.15. The molecule has 0 atom stereocenters. The topological polar surface area (TPSA) is 105 Å². The zero-order valence-electron chi connectivity index (χ0n) is 16.1. The molecule has 0 aliphatic heterocycles. The van der Waals surface area contributed by atoms with Crippen LogP contribution in [0, 0.1) is 0 Å². The number of fused-ring (bicyclic) bond motifs is 1. The number of nitrogens with one attached hydrogen (secondary N) is 2. The number of hydrogen-bond donors (Lipinski definition) is 2. The van der Waals surface area contributed by atoms with E-state index in [1.54, 1.807) is 12.1 Å². The Morgan fingerprint density at radius 2 is 2.00 bits per heavy atom. The molecule has 0 bridgehead atoms. The Kier molecular flexibility index (Phi) is 6.67. The molecule has 0 aliphatic carbocycles. The number of carbonyl (C=O) groups excluding carboxylic acids is 3. The van der Waals surface area contributed by atoms with Crippen LogP contribution in [0.15, 0.2) is 53.3 Å². The Morgan fingerprint density at radius 1 is 1.17 bits per heavy atom. The fourth-order valence-corrected chi connectivity index (χ4v) is 2.86. The smallest absolute Gasteiger partial charge is 0.306 e. The van der Waals surface area contributed by atoms with E-state index in [4.69, 9.17) is 9.15 Å². The molecule has 2 heterocycles. The Hall–Kier alpha value is -3.55. The summed E-state index contributed by atoms with van der Waals surface area (Å²) in [6.07, 6.45) is 4.08. The van der Waals surface area contributed by atoms with E-state index < -0.39 is 18.5 Å². The molecular formula is C21H23N3O5. The lowest BCUT2D eigenvalue weighted by Gasteiger charge is -2.16. The van der Waals surface area contributed by atoms with Gasteiger partial charge in [-0.15, -0.1) is 0 Å².